The molecular weight excluding hydrogens is 809 g/mol. The quantitative estimate of drug-likeness (QED) is 0.111. The van der Waals surface area contributed by atoms with E-state index < -0.39 is 0 Å². The molecule has 64 heavy (non-hydrogen) atoms. The molecule has 0 saturated heterocycles. The summed E-state index contributed by atoms with van der Waals surface area (Å²) in [5.74, 6) is 4.71. The van der Waals surface area contributed by atoms with Gasteiger partial charge in [-0.25, -0.2) is 0 Å². The van der Waals surface area contributed by atoms with Gasteiger partial charge in [-0.2, -0.15) is 0 Å². The van der Waals surface area contributed by atoms with Crippen LogP contribution in [0.1, 0.15) is 45.0 Å². The van der Waals surface area contributed by atoms with E-state index in [1.165, 1.54) is 0 Å². The summed E-state index contributed by atoms with van der Waals surface area (Å²) in [6.07, 6.45) is 0. The number of H-pyrrole nitrogens is 4. The molecule has 5 heterocycles. The third kappa shape index (κ3) is 6.89. The average Bonchev–Trinajstić information content (AvgIpc) is 4.19. The van der Waals surface area contributed by atoms with E-state index in [-0.39, 0.29) is 0 Å². The van der Waals surface area contributed by atoms with Crippen LogP contribution in [0.5, 0.6) is 46.0 Å². The molecule has 12 heteroatoms. The van der Waals surface area contributed by atoms with Crippen LogP contribution in [-0.2, 0) is 0 Å². The van der Waals surface area contributed by atoms with Crippen LogP contribution in [-0.4, -0.2) is 76.8 Å². The van der Waals surface area contributed by atoms with Gasteiger partial charge in [0.1, 0.15) is 0 Å². The second kappa shape index (κ2) is 17.3. The minimum absolute atomic E-state index is 0.582. The Morgan fingerprint density at radius 2 is 0.484 bits per heavy atom. The van der Waals surface area contributed by atoms with Crippen molar-refractivity contribution in [2.24, 2.45) is 0 Å². The van der Waals surface area contributed by atoms with Crippen LogP contribution < -0.4 is 59.3 Å². The van der Waals surface area contributed by atoms with Crippen molar-refractivity contribution in [1.82, 2.24) is 19.9 Å². The molecule has 0 atom stereocenters. The average molecular weight is 857 g/mol. The van der Waals surface area contributed by atoms with E-state index in [0.717, 1.165) is 88.7 Å². The first-order valence-corrected chi connectivity index (χ1v) is 20.5. The Kier molecular flexibility index (Phi) is 11.2. The molecule has 4 N–H and O–H groups in total. The van der Waals surface area contributed by atoms with Crippen LogP contribution in [0.25, 0.3) is 22.3 Å². The van der Waals surface area contributed by atoms with Gasteiger partial charge in [0.2, 0.25) is 0 Å². The first kappa shape index (κ1) is 41.2. The van der Waals surface area contributed by atoms with Gasteiger partial charge in [-0.15, -0.1) is 0 Å². The number of para-hydroxylation sites is 4. The molecule has 0 spiro atoms. The maximum Gasteiger partial charge on any atom is 0.168 e. The lowest BCUT2D eigenvalue weighted by atomic mass is 10.0. The highest BCUT2D eigenvalue weighted by molar-refractivity contribution is 5.89. The largest absolute Gasteiger partial charge is 0.493 e. The van der Waals surface area contributed by atoms with Crippen LogP contribution in [0, 0.1) is 0 Å². The van der Waals surface area contributed by atoms with E-state index in [1.807, 2.05) is 72.8 Å². The topological polar surface area (TPSA) is 137 Å². The number of fused-ring (bicyclic) bond motifs is 8. The number of rotatable bonds is 12. The van der Waals surface area contributed by atoms with Gasteiger partial charge < -0.3 is 57.8 Å². The van der Waals surface area contributed by atoms with Crippen molar-refractivity contribution in [3.8, 4) is 46.0 Å². The van der Waals surface area contributed by atoms with Crippen LogP contribution in [0.15, 0.2) is 121 Å². The zero-order valence-corrected chi connectivity index (χ0v) is 36.8. The summed E-state index contributed by atoms with van der Waals surface area (Å²) in [6.45, 7) is 0. The highest BCUT2D eigenvalue weighted by Gasteiger charge is 2.25. The second-order valence-electron chi connectivity index (χ2n) is 14.8. The molecule has 0 fully saturated rings. The van der Waals surface area contributed by atoms with Crippen molar-refractivity contribution in [3.63, 3.8) is 0 Å². The fraction of sp³-hybridized carbons (Fsp3) is 0.154. The van der Waals surface area contributed by atoms with Gasteiger partial charge in [0, 0.05) is 88.7 Å². The van der Waals surface area contributed by atoms with Gasteiger partial charge in [0.15, 0.2) is 46.0 Å². The van der Waals surface area contributed by atoms with Crippen molar-refractivity contribution >= 4 is 22.3 Å². The molecule has 4 aromatic heterocycles. The summed E-state index contributed by atoms with van der Waals surface area (Å²) in [5, 5.41) is 3.24. The summed E-state index contributed by atoms with van der Waals surface area (Å²) in [4.78, 5) is 15.3. The zero-order chi connectivity index (χ0) is 44.5. The molecule has 1 aliphatic heterocycles. The Morgan fingerprint density at radius 1 is 0.250 bits per heavy atom. The third-order valence-electron chi connectivity index (χ3n) is 11.6. The number of nitrogens with one attached hydrogen (secondary N) is 4. The molecular formula is C52H48N4O8. The molecule has 12 nitrogen and oxygen atoms in total. The molecule has 4 aromatic carbocycles. The van der Waals surface area contributed by atoms with E-state index in [0.29, 0.717) is 46.0 Å². The van der Waals surface area contributed by atoms with Crippen molar-refractivity contribution in [2.75, 3.05) is 56.9 Å². The summed E-state index contributed by atoms with van der Waals surface area (Å²) in [7, 11) is 13.2. The lowest BCUT2D eigenvalue weighted by molar-refractivity contribution is 0.354. The van der Waals surface area contributed by atoms with Crippen molar-refractivity contribution in [2.45, 2.75) is 0 Å². The Bertz CT molecular complexity index is 2870. The molecule has 8 bridgehead atoms. The number of hydrogen-bond acceptors (Lipinski definition) is 8. The van der Waals surface area contributed by atoms with E-state index in [4.69, 9.17) is 37.9 Å². The Hall–Kier alpha value is -8.12. The monoisotopic (exact) mass is 856 g/mol. The maximum atomic E-state index is 6.09. The number of aromatic nitrogens is 4. The van der Waals surface area contributed by atoms with Gasteiger partial charge in [-0.1, -0.05) is 48.5 Å². The summed E-state index contributed by atoms with van der Waals surface area (Å²) < 4.78 is 47.7. The Labute approximate surface area is 369 Å². The van der Waals surface area contributed by atoms with Gasteiger partial charge in [-0.3, -0.25) is 0 Å². The molecule has 0 amide bonds. The van der Waals surface area contributed by atoms with Crippen LogP contribution in [0.3, 0.4) is 0 Å². The van der Waals surface area contributed by atoms with Crippen molar-refractivity contribution in [1.29, 1.82) is 0 Å². The van der Waals surface area contributed by atoms with Crippen molar-refractivity contribution in [3.05, 3.63) is 188 Å². The highest BCUT2D eigenvalue weighted by atomic mass is 16.5. The van der Waals surface area contributed by atoms with Crippen LogP contribution >= 0.6 is 0 Å². The summed E-state index contributed by atoms with van der Waals surface area (Å²) in [5.41, 5.74) is 9.83. The van der Waals surface area contributed by atoms with Gasteiger partial charge in [0.25, 0.3) is 0 Å². The lowest BCUT2D eigenvalue weighted by Gasteiger charge is -2.16. The number of benzene rings is 4. The molecule has 9 rings (SSSR count). The van der Waals surface area contributed by atoms with Gasteiger partial charge in [0.05, 0.1) is 56.9 Å². The molecule has 0 unspecified atom stereocenters. The van der Waals surface area contributed by atoms with Crippen LogP contribution in [0.4, 0.5) is 0 Å². The first-order chi connectivity index (χ1) is 31.4. The van der Waals surface area contributed by atoms with E-state index in [9.17, 15) is 0 Å². The number of methoxy groups -OCH3 is 8. The number of aromatic amines is 4. The normalized spacial score (nSPS) is 12.2. The van der Waals surface area contributed by atoms with Crippen molar-refractivity contribution < 1.29 is 37.9 Å². The summed E-state index contributed by atoms with van der Waals surface area (Å²) >= 11 is 0. The fourth-order valence-electron chi connectivity index (χ4n) is 8.82. The molecule has 324 valence electrons. The fourth-order valence-corrected chi connectivity index (χ4v) is 8.82. The molecule has 0 radical (unpaired) electrons. The minimum atomic E-state index is 0.582. The second-order valence-corrected chi connectivity index (χ2v) is 14.8. The SMILES string of the molecule is COc1cccc(C2=c3ccc([nH]3)=C(c3cccc(OC)c3OC)c3ccc([nH]3)C(c3cccc(OC)c3OC)=c3ccc([nH]3)=C(c3cccc(OC)c3OC)c3ccc2[nH]3)c1OC. The standard InChI is InChI=1S/C52H48N4O8/c1-57-41-17-9-13-29(49(41)61-5)45-33-21-23-35(53-33)46(30-14-10-18-42(58-2)50(30)62-6)37-25-27-39(55-37)48(32-16-12-20-44(60-4)52(32)64-8)40-28-26-38(56-40)47(36-24-22-34(45)54-36)31-15-11-19-43(59-3)51(31)63-7/h9-28,53-56H,1-8H3. The van der Waals surface area contributed by atoms with E-state index in [1.54, 1.807) is 56.9 Å². The first-order valence-electron chi connectivity index (χ1n) is 20.5. The Balaban J connectivity index is 1.49. The molecule has 0 saturated carbocycles. The lowest BCUT2D eigenvalue weighted by Crippen LogP contribution is -2.19. The van der Waals surface area contributed by atoms with E-state index in [2.05, 4.69) is 68.5 Å². The number of ether oxygens (including phenoxy) is 8. The van der Waals surface area contributed by atoms with E-state index >= 15 is 0 Å². The summed E-state index contributed by atoms with van der Waals surface area (Å²) in [6, 6.07) is 40.1. The maximum absolute atomic E-state index is 6.09. The minimum Gasteiger partial charge on any atom is -0.493 e. The highest BCUT2D eigenvalue weighted by Crippen LogP contribution is 2.41. The molecule has 8 aromatic rings. The predicted molar refractivity (Wildman–Crippen MR) is 246 cm³/mol. The smallest absolute Gasteiger partial charge is 0.168 e. The van der Waals surface area contributed by atoms with Crippen LogP contribution in [0.2, 0.25) is 0 Å². The van der Waals surface area contributed by atoms with Gasteiger partial charge in [-0.05, 0) is 72.8 Å². The molecule has 1 aliphatic rings. The Morgan fingerprint density at radius 3 is 0.688 bits per heavy atom. The zero-order valence-electron chi connectivity index (χ0n) is 36.8. The molecule has 0 aliphatic carbocycles. The van der Waals surface area contributed by atoms with Gasteiger partial charge >= 0.3 is 0 Å². The third-order valence-corrected chi connectivity index (χ3v) is 11.6. The number of hydrogen-bond donors (Lipinski definition) is 4. The predicted octanol–water partition coefficient (Wildman–Crippen LogP) is 6.37.